The number of halogens is 1. The molecule has 0 aromatic heterocycles. The van der Waals surface area contributed by atoms with E-state index in [1.54, 1.807) is 6.92 Å². The third-order valence-electron chi connectivity index (χ3n) is 2.12. The summed E-state index contributed by atoms with van der Waals surface area (Å²) in [5, 5.41) is 14.5. The molecule has 0 bridgehead atoms. The van der Waals surface area contributed by atoms with Crippen LogP contribution in [0.2, 0.25) is 0 Å². The van der Waals surface area contributed by atoms with Crippen LogP contribution in [-0.2, 0) is 4.79 Å². The Morgan fingerprint density at radius 3 is 2.86 bits per heavy atom. The Morgan fingerprint density at radius 2 is 2.36 bits per heavy atom. The first-order chi connectivity index (χ1) is 6.15. The summed E-state index contributed by atoms with van der Waals surface area (Å²) in [6.45, 7) is 2.91. The second-order valence-electron chi connectivity index (χ2n) is 3.30. The third kappa shape index (κ3) is 3.14. The minimum atomic E-state index is -0.514. The molecular formula is C8H15ClN4O. The van der Waals surface area contributed by atoms with Crippen LogP contribution in [0.15, 0.2) is 0 Å². The molecule has 0 spiro atoms. The van der Waals surface area contributed by atoms with Gasteiger partial charge in [0, 0.05) is 13.1 Å². The van der Waals surface area contributed by atoms with Gasteiger partial charge in [0.05, 0.1) is 24.1 Å². The summed E-state index contributed by atoms with van der Waals surface area (Å²) in [6, 6.07) is 1.53. The van der Waals surface area contributed by atoms with Gasteiger partial charge in [-0.2, -0.15) is 5.26 Å². The normalized spacial score (nSPS) is 27.2. The predicted molar refractivity (Wildman–Crippen MR) is 54.8 cm³/mol. The zero-order valence-electron chi connectivity index (χ0n) is 7.99. The Hall–Kier alpha value is -0.830. The smallest absolute Gasteiger partial charge is 0.236 e. The molecule has 3 unspecified atom stereocenters. The molecule has 4 N–H and O–H groups in total. The van der Waals surface area contributed by atoms with Gasteiger partial charge in [-0.15, -0.1) is 12.4 Å². The van der Waals surface area contributed by atoms with E-state index in [0.29, 0.717) is 13.1 Å². The largest absolute Gasteiger partial charge is 0.349 e. The summed E-state index contributed by atoms with van der Waals surface area (Å²) < 4.78 is 0. The van der Waals surface area contributed by atoms with E-state index in [2.05, 4.69) is 16.7 Å². The highest BCUT2D eigenvalue weighted by Gasteiger charge is 2.28. The first kappa shape index (κ1) is 13.2. The molecule has 1 fully saturated rings. The van der Waals surface area contributed by atoms with Crippen molar-refractivity contribution in [2.24, 2.45) is 11.7 Å². The van der Waals surface area contributed by atoms with Gasteiger partial charge in [0.15, 0.2) is 0 Å². The molecule has 0 radical (unpaired) electrons. The van der Waals surface area contributed by atoms with E-state index in [0.717, 1.165) is 0 Å². The number of carbonyl (C=O) groups is 1. The van der Waals surface area contributed by atoms with Crippen LogP contribution in [0.25, 0.3) is 0 Å². The number of nitriles is 1. The lowest BCUT2D eigenvalue weighted by atomic mass is 10.1. The van der Waals surface area contributed by atoms with Crippen LogP contribution in [0.1, 0.15) is 6.92 Å². The standard InChI is InChI=1S/C8H14N4O.ClH/c1-5(10)8(13)12-7-4-11-3-6(7)2-9;/h5-7,11H,3-4,10H2,1H3,(H,12,13);1H. The number of carbonyl (C=O) groups excluding carboxylic acids is 1. The molecule has 0 saturated carbocycles. The first-order valence-corrected chi connectivity index (χ1v) is 4.31. The second kappa shape index (κ2) is 5.81. The van der Waals surface area contributed by atoms with Crippen molar-refractivity contribution in [1.29, 1.82) is 5.26 Å². The fourth-order valence-electron chi connectivity index (χ4n) is 1.28. The number of nitrogens with two attached hydrogens (primary N) is 1. The van der Waals surface area contributed by atoms with E-state index in [4.69, 9.17) is 11.0 Å². The maximum Gasteiger partial charge on any atom is 0.236 e. The molecular weight excluding hydrogens is 204 g/mol. The maximum atomic E-state index is 11.2. The summed E-state index contributed by atoms with van der Waals surface area (Å²) in [5.41, 5.74) is 5.39. The number of amides is 1. The van der Waals surface area contributed by atoms with Crippen molar-refractivity contribution in [3.8, 4) is 6.07 Å². The molecule has 1 heterocycles. The van der Waals surface area contributed by atoms with Gasteiger partial charge in [0.25, 0.3) is 0 Å². The van der Waals surface area contributed by atoms with Crippen molar-refractivity contribution >= 4 is 18.3 Å². The fraction of sp³-hybridized carbons (Fsp3) is 0.750. The third-order valence-corrected chi connectivity index (χ3v) is 2.12. The lowest BCUT2D eigenvalue weighted by Crippen LogP contribution is -2.46. The number of rotatable bonds is 2. The summed E-state index contributed by atoms with van der Waals surface area (Å²) >= 11 is 0. The van der Waals surface area contributed by atoms with Crippen LogP contribution in [0, 0.1) is 17.2 Å². The second-order valence-corrected chi connectivity index (χ2v) is 3.30. The van der Waals surface area contributed by atoms with Gasteiger partial charge in [-0.3, -0.25) is 4.79 Å². The summed E-state index contributed by atoms with van der Waals surface area (Å²) in [4.78, 5) is 11.2. The van der Waals surface area contributed by atoms with Crippen LogP contribution < -0.4 is 16.4 Å². The van der Waals surface area contributed by atoms with E-state index in [1.807, 2.05) is 0 Å². The molecule has 14 heavy (non-hydrogen) atoms. The highest BCUT2D eigenvalue weighted by Crippen LogP contribution is 2.07. The van der Waals surface area contributed by atoms with Crippen molar-refractivity contribution in [3.63, 3.8) is 0 Å². The van der Waals surface area contributed by atoms with E-state index in [9.17, 15) is 4.79 Å². The molecule has 1 aliphatic rings. The van der Waals surface area contributed by atoms with Gasteiger partial charge < -0.3 is 16.4 Å². The Morgan fingerprint density at radius 1 is 1.71 bits per heavy atom. The van der Waals surface area contributed by atoms with Gasteiger partial charge in [-0.1, -0.05) is 0 Å². The molecule has 3 atom stereocenters. The average molecular weight is 219 g/mol. The quantitative estimate of drug-likeness (QED) is 0.554. The zero-order chi connectivity index (χ0) is 9.84. The van der Waals surface area contributed by atoms with E-state index in [-0.39, 0.29) is 30.3 Å². The molecule has 1 aliphatic heterocycles. The Kier molecular flexibility index (Phi) is 5.46. The van der Waals surface area contributed by atoms with Crippen LogP contribution in [0.4, 0.5) is 0 Å². The van der Waals surface area contributed by atoms with Crippen molar-refractivity contribution in [2.45, 2.75) is 19.0 Å². The average Bonchev–Trinajstić information content (AvgIpc) is 2.51. The zero-order valence-corrected chi connectivity index (χ0v) is 8.80. The lowest BCUT2D eigenvalue weighted by Gasteiger charge is -2.15. The molecule has 0 aromatic carbocycles. The monoisotopic (exact) mass is 218 g/mol. The fourth-order valence-corrected chi connectivity index (χ4v) is 1.28. The SMILES string of the molecule is CC(N)C(=O)NC1CNCC1C#N.Cl. The maximum absolute atomic E-state index is 11.2. The number of nitrogens with one attached hydrogen (secondary N) is 2. The van der Waals surface area contributed by atoms with E-state index in [1.165, 1.54) is 0 Å². The van der Waals surface area contributed by atoms with Gasteiger partial charge in [-0.25, -0.2) is 0 Å². The van der Waals surface area contributed by atoms with Crippen molar-refractivity contribution < 1.29 is 4.79 Å². The van der Waals surface area contributed by atoms with Gasteiger partial charge >= 0.3 is 0 Å². The lowest BCUT2D eigenvalue weighted by molar-refractivity contribution is -0.122. The van der Waals surface area contributed by atoms with E-state index >= 15 is 0 Å². The van der Waals surface area contributed by atoms with Crippen LogP contribution >= 0.6 is 12.4 Å². The molecule has 0 aliphatic carbocycles. The summed E-state index contributed by atoms with van der Waals surface area (Å²) in [7, 11) is 0. The molecule has 1 saturated heterocycles. The van der Waals surface area contributed by atoms with Crippen LogP contribution in [0.5, 0.6) is 0 Å². The van der Waals surface area contributed by atoms with Gasteiger partial charge in [0.2, 0.25) is 5.91 Å². The molecule has 1 amide bonds. The molecule has 6 heteroatoms. The van der Waals surface area contributed by atoms with Gasteiger partial charge in [-0.05, 0) is 6.92 Å². The Labute approximate surface area is 89.4 Å². The number of nitrogens with zero attached hydrogens (tertiary/aromatic N) is 1. The van der Waals surface area contributed by atoms with Crippen molar-refractivity contribution in [3.05, 3.63) is 0 Å². The van der Waals surface area contributed by atoms with Crippen molar-refractivity contribution in [2.75, 3.05) is 13.1 Å². The van der Waals surface area contributed by atoms with Crippen molar-refractivity contribution in [1.82, 2.24) is 10.6 Å². The number of hydrogen-bond donors (Lipinski definition) is 3. The Balaban J connectivity index is 0.00000169. The number of hydrogen-bond acceptors (Lipinski definition) is 4. The topological polar surface area (TPSA) is 90.9 Å². The molecule has 80 valence electrons. The molecule has 1 rings (SSSR count). The highest BCUT2D eigenvalue weighted by atomic mass is 35.5. The molecule has 0 aromatic rings. The Bertz CT molecular complexity index is 238. The van der Waals surface area contributed by atoms with Crippen LogP contribution in [-0.4, -0.2) is 31.1 Å². The van der Waals surface area contributed by atoms with Crippen LogP contribution in [0.3, 0.4) is 0 Å². The summed E-state index contributed by atoms with van der Waals surface area (Å²) in [5.74, 6) is -0.336. The minimum Gasteiger partial charge on any atom is -0.349 e. The summed E-state index contributed by atoms with van der Waals surface area (Å²) in [6.07, 6.45) is 0. The first-order valence-electron chi connectivity index (χ1n) is 4.31. The van der Waals surface area contributed by atoms with E-state index < -0.39 is 6.04 Å². The predicted octanol–water partition coefficient (Wildman–Crippen LogP) is -1.02. The van der Waals surface area contributed by atoms with Gasteiger partial charge in [0.1, 0.15) is 0 Å². The minimum absolute atomic E-state index is 0. The molecule has 5 nitrogen and oxygen atoms in total. The highest BCUT2D eigenvalue weighted by molar-refractivity contribution is 5.85.